The summed E-state index contributed by atoms with van der Waals surface area (Å²) in [4.78, 5) is 11.8. The van der Waals surface area contributed by atoms with E-state index in [1.54, 1.807) is 0 Å². The van der Waals surface area contributed by atoms with Crippen molar-refractivity contribution in [2.45, 2.75) is 115 Å². The van der Waals surface area contributed by atoms with Crippen LogP contribution in [0.1, 0.15) is 115 Å². The highest BCUT2D eigenvalue weighted by molar-refractivity contribution is 5.67. The van der Waals surface area contributed by atoms with Gasteiger partial charge in [-0.2, -0.15) is 0 Å². The topological polar surface area (TPSA) is 63.3 Å². The molecule has 33 heavy (non-hydrogen) atoms. The fourth-order valence-electron chi connectivity index (χ4n) is 6.01. The Labute approximate surface area is 203 Å². The first kappa shape index (κ1) is 27.6. The third-order valence-electron chi connectivity index (χ3n) is 7.83. The molecule has 0 bridgehead atoms. The molecule has 1 aliphatic rings. The summed E-state index contributed by atoms with van der Waals surface area (Å²) < 4.78 is 0. The van der Waals surface area contributed by atoms with E-state index in [-0.39, 0.29) is 17.8 Å². The summed E-state index contributed by atoms with van der Waals surface area (Å²) in [6, 6.07) is 10.9. The van der Waals surface area contributed by atoms with Crippen LogP contribution in [0.3, 0.4) is 0 Å². The van der Waals surface area contributed by atoms with Gasteiger partial charge >= 0.3 is 5.97 Å². The van der Waals surface area contributed by atoms with Crippen molar-refractivity contribution in [3.05, 3.63) is 48.0 Å². The van der Waals surface area contributed by atoms with E-state index in [4.69, 9.17) is 5.73 Å². The van der Waals surface area contributed by atoms with Gasteiger partial charge in [0.1, 0.15) is 0 Å². The molecule has 1 aromatic carbocycles. The summed E-state index contributed by atoms with van der Waals surface area (Å²) in [6.45, 7) is 2.90. The molecule has 0 unspecified atom stereocenters. The molecule has 0 saturated heterocycles. The Morgan fingerprint density at radius 2 is 1.64 bits per heavy atom. The first-order chi connectivity index (χ1) is 16.1. The van der Waals surface area contributed by atoms with Gasteiger partial charge in [-0.3, -0.25) is 4.79 Å². The van der Waals surface area contributed by atoms with Gasteiger partial charge in [-0.15, -0.1) is 0 Å². The number of hydrogen-bond acceptors (Lipinski definition) is 2. The van der Waals surface area contributed by atoms with Crippen molar-refractivity contribution in [3.63, 3.8) is 0 Å². The lowest BCUT2D eigenvalue weighted by molar-refractivity contribution is -0.138. The summed E-state index contributed by atoms with van der Waals surface area (Å²) >= 11 is 0. The van der Waals surface area contributed by atoms with Crippen LogP contribution in [0.4, 0.5) is 0 Å². The van der Waals surface area contributed by atoms with Crippen molar-refractivity contribution in [2.24, 2.45) is 17.6 Å². The third-order valence-corrected chi connectivity index (χ3v) is 7.83. The average molecular weight is 456 g/mol. The molecule has 1 aliphatic carbocycles. The molecule has 1 saturated carbocycles. The number of carboxylic acid groups (broad SMARTS) is 1. The van der Waals surface area contributed by atoms with Gasteiger partial charge in [-0.05, 0) is 80.7 Å². The number of benzene rings is 1. The molecule has 0 spiro atoms. The zero-order valence-electron chi connectivity index (χ0n) is 21.1. The second-order valence-corrected chi connectivity index (χ2v) is 10.4. The predicted octanol–water partition coefficient (Wildman–Crippen LogP) is 8.03. The zero-order valence-corrected chi connectivity index (χ0v) is 21.1. The van der Waals surface area contributed by atoms with Crippen LogP contribution in [0.5, 0.6) is 0 Å². The largest absolute Gasteiger partial charge is 0.481 e. The van der Waals surface area contributed by atoms with E-state index in [1.807, 2.05) is 0 Å². The van der Waals surface area contributed by atoms with Gasteiger partial charge < -0.3 is 10.8 Å². The molecule has 1 fully saturated rings. The number of aliphatic carboxylic acids is 1. The van der Waals surface area contributed by atoms with E-state index in [2.05, 4.69) is 49.4 Å². The number of nitrogens with two attached hydrogens (primary N) is 1. The molecule has 2 atom stereocenters. The molecular formula is C30H49NO2. The van der Waals surface area contributed by atoms with Crippen molar-refractivity contribution in [1.82, 2.24) is 0 Å². The smallest absolute Gasteiger partial charge is 0.303 e. The highest BCUT2D eigenvalue weighted by Crippen LogP contribution is 2.48. The molecule has 3 nitrogen and oxygen atoms in total. The van der Waals surface area contributed by atoms with Crippen LogP contribution < -0.4 is 5.73 Å². The van der Waals surface area contributed by atoms with Gasteiger partial charge in [0.2, 0.25) is 0 Å². The Bertz CT molecular complexity index is 663. The lowest BCUT2D eigenvalue weighted by Crippen LogP contribution is -2.31. The standard InChI is InChI=1S/C30H49NO2/c1-2-3-4-5-6-7-8-9-10-12-17-26(20-23-31)27(24-29(32)33)25-30(21-15-16-22-30)28-18-13-11-14-19-28/h7-8,11,13-14,18-19,26-27H,2-6,9-10,12,15-17,20-25,31H2,1H3,(H,32,33)/t26-,27-/m1/s1. The SMILES string of the molecule is CCCCCCC=CCCCC[C@H](CCN)[C@H](CC(=O)O)CC1(c2ccccc2)CCCC1. The van der Waals surface area contributed by atoms with Crippen LogP contribution in [0.15, 0.2) is 42.5 Å². The summed E-state index contributed by atoms with van der Waals surface area (Å²) in [5, 5.41) is 9.74. The van der Waals surface area contributed by atoms with Crippen LogP contribution in [0.25, 0.3) is 0 Å². The van der Waals surface area contributed by atoms with E-state index in [0.717, 1.165) is 25.7 Å². The number of hydrogen-bond donors (Lipinski definition) is 2. The van der Waals surface area contributed by atoms with Crippen LogP contribution in [0, 0.1) is 11.8 Å². The lowest BCUT2D eigenvalue weighted by Gasteiger charge is -2.37. The van der Waals surface area contributed by atoms with E-state index < -0.39 is 5.97 Å². The molecule has 3 N–H and O–H groups in total. The summed E-state index contributed by atoms with van der Waals surface area (Å²) in [6.07, 6.45) is 22.9. The van der Waals surface area contributed by atoms with Crippen LogP contribution in [-0.2, 0) is 10.2 Å². The maximum Gasteiger partial charge on any atom is 0.303 e. The van der Waals surface area contributed by atoms with E-state index in [9.17, 15) is 9.90 Å². The maximum absolute atomic E-state index is 11.8. The second kappa shape index (κ2) is 16.1. The Kier molecular flexibility index (Phi) is 13.5. The Morgan fingerprint density at radius 3 is 2.24 bits per heavy atom. The molecule has 0 radical (unpaired) electrons. The van der Waals surface area contributed by atoms with Gasteiger partial charge in [0, 0.05) is 6.42 Å². The first-order valence-corrected chi connectivity index (χ1v) is 13.7. The maximum atomic E-state index is 11.8. The van der Waals surface area contributed by atoms with Gasteiger partial charge in [-0.25, -0.2) is 0 Å². The quantitative estimate of drug-likeness (QED) is 0.174. The van der Waals surface area contributed by atoms with Crippen molar-refractivity contribution in [2.75, 3.05) is 6.54 Å². The normalized spacial score (nSPS) is 17.4. The molecule has 0 heterocycles. The summed E-state index contributed by atoms with van der Waals surface area (Å²) in [5.74, 6) is -0.0435. The molecule has 1 aromatic rings. The minimum Gasteiger partial charge on any atom is -0.481 e. The first-order valence-electron chi connectivity index (χ1n) is 13.7. The molecule has 3 heteroatoms. The lowest BCUT2D eigenvalue weighted by atomic mass is 9.68. The Balaban J connectivity index is 1.93. The predicted molar refractivity (Wildman–Crippen MR) is 140 cm³/mol. The Hall–Kier alpha value is -1.61. The van der Waals surface area contributed by atoms with Gasteiger partial charge in [0.05, 0.1) is 0 Å². The third kappa shape index (κ3) is 10.0. The number of carboxylic acids is 1. The van der Waals surface area contributed by atoms with E-state index >= 15 is 0 Å². The number of carbonyl (C=O) groups is 1. The van der Waals surface area contributed by atoms with Gasteiger partial charge in [0.25, 0.3) is 0 Å². The zero-order chi connectivity index (χ0) is 23.8. The van der Waals surface area contributed by atoms with E-state index in [1.165, 1.54) is 76.2 Å². The highest BCUT2D eigenvalue weighted by atomic mass is 16.4. The highest BCUT2D eigenvalue weighted by Gasteiger charge is 2.39. The van der Waals surface area contributed by atoms with Crippen molar-refractivity contribution < 1.29 is 9.90 Å². The number of allylic oxidation sites excluding steroid dienone is 2. The van der Waals surface area contributed by atoms with E-state index in [0.29, 0.717) is 12.5 Å². The van der Waals surface area contributed by atoms with Crippen molar-refractivity contribution in [1.29, 1.82) is 0 Å². The number of rotatable bonds is 18. The molecule has 0 aliphatic heterocycles. The average Bonchev–Trinajstić information content (AvgIpc) is 3.29. The van der Waals surface area contributed by atoms with Crippen LogP contribution >= 0.6 is 0 Å². The van der Waals surface area contributed by atoms with Crippen molar-refractivity contribution >= 4 is 5.97 Å². The monoisotopic (exact) mass is 455 g/mol. The summed E-state index contributed by atoms with van der Waals surface area (Å²) in [7, 11) is 0. The minimum atomic E-state index is -0.658. The fourth-order valence-corrected chi connectivity index (χ4v) is 6.01. The summed E-state index contributed by atoms with van der Waals surface area (Å²) in [5.41, 5.74) is 7.57. The molecule has 0 amide bonds. The molecular weight excluding hydrogens is 406 g/mol. The molecule has 0 aromatic heterocycles. The Morgan fingerprint density at radius 1 is 0.970 bits per heavy atom. The van der Waals surface area contributed by atoms with Gasteiger partial charge in [-0.1, -0.05) is 94.4 Å². The van der Waals surface area contributed by atoms with Crippen molar-refractivity contribution in [3.8, 4) is 0 Å². The minimum absolute atomic E-state index is 0.148. The fraction of sp³-hybridized carbons (Fsp3) is 0.700. The van der Waals surface area contributed by atoms with Gasteiger partial charge in [0.15, 0.2) is 0 Å². The van der Waals surface area contributed by atoms with Crippen LogP contribution in [0.2, 0.25) is 0 Å². The number of unbranched alkanes of at least 4 members (excludes halogenated alkanes) is 6. The second-order valence-electron chi connectivity index (χ2n) is 10.4. The molecule has 186 valence electrons. The van der Waals surface area contributed by atoms with Crippen LogP contribution in [-0.4, -0.2) is 17.6 Å². The molecule has 2 rings (SSSR count).